The van der Waals surface area contributed by atoms with E-state index in [-0.39, 0.29) is 24.2 Å². The van der Waals surface area contributed by atoms with Crippen LogP contribution in [0.3, 0.4) is 0 Å². The van der Waals surface area contributed by atoms with Gasteiger partial charge in [-0.1, -0.05) is 24.1 Å². The van der Waals surface area contributed by atoms with Crippen molar-refractivity contribution in [2.24, 2.45) is 11.7 Å². The molecule has 0 unspecified atom stereocenters. The lowest BCUT2D eigenvalue weighted by atomic mass is 9.77. The Kier molecular flexibility index (Phi) is 4.92. The highest BCUT2D eigenvalue weighted by atomic mass is 79.9. The summed E-state index contributed by atoms with van der Waals surface area (Å²) < 4.78 is 0.538. The Morgan fingerprint density at radius 2 is 2.06 bits per heavy atom. The molecule has 0 bridgehead atoms. The maximum Gasteiger partial charge on any atom is 0.136 e. The fourth-order valence-corrected chi connectivity index (χ4v) is 2.39. The molecule has 5 heteroatoms. The molecule has 2 nitrogen and oxygen atoms in total. The maximum absolute atomic E-state index is 9.91. The summed E-state index contributed by atoms with van der Waals surface area (Å²) in [6, 6.07) is 3.50. The fraction of sp³-hybridized carbons (Fsp3) is 0.455. The number of hydrogen-bond acceptors (Lipinski definition) is 2. The summed E-state index contributed by atoms with van der Waals surface area (Å²) in [5, 5.41) is 10.4. The Hall–Kier alpha value is 0.0400. The van der Waals surface area contributed by atoms with Crippen molar-refractivity contribution in [3.8, 4) is 5.75 Å². The van der Waals surface area contributed by atoms with Crippen molar-refractivity contribution in [3.63, 3.8) is 0 Å². The van der Waals surface area contributed by atoms with Crippen molar-refractivity contribution in [2.45, 2.75) is 25.3 Å². The molecule has 0 aliphatic heterocycles. The van der Waals surface area contributed by atoms with Crippen LogP contribution in [0.25, 0.3) is 0 Å². The van der Waals surface area contributed by atoms with Crippen LogP contribution in [0.4, 0.5) is 0 Å². The first-order valence-electron chi connectivity index (χ1n) is 5.03. The first-order valence-corrected chi connectivity index (χ1v) is 6.21. The Morgan fingerprint density at radius 3 is 2.56 bits per heavy atom. The number of rotatable bonds is 2. The first-order chi connectivity index (χ1) is 7.11. The minimum atomic E-state index is -0.0766. The highest BCUT2D eigenvalue weighted by Crippen LogP contribution is 2.42. The van der Waals surface area contributed by atoms with Crippen LogP contribution < -0.4 is 5.73 Å². The van der Waals surface area contributed by atoms with Crippen molar-refractivity contribution < 1.29 is 5.11 Å². The third-order valence-corrected chi connectivity index (χ3v) is 4.46. The molecule has 2 rings (SSSR count). The quantitative estimate of drug-likeness (QED) is 0.861. The highest BCUT2D eigenvalue weighted by molar-refractivity contribution is 9.10. The molecule has 1 fully saturated rings. The molecule has 0 radical (unpaired) electrons. The molecule has 1 atom stereocenters. The normalized spacial score (nSPS) is 17.4. The molecule has 16 heavy (non-hydrogen) atoms. The minimum Gasteiger partial charge on any atom is -0.506 e. The third-order valence-electron chi connectivity index (χ3n) is 3.12. The van der Waals surface area contributed by atoms with Crippen molar-refractivity contribution in [2.75, 3.05) is 0 Å². The molecule has 1 aromatic carbocycles. The Balaban J connectivity index is 0.00000128. The van der Waals surface area contributed by atoms with Gasteiger partial charge in [0, 0.05) is 11.6 Å². The van der Waals surface area contributed by atoms with Gasteiger partial charge in [-0.3, -0.25) is 0 Å². The fourth-order valence-electron chi connectivity index (χ4n) is 1.88. The SMILES string of the molecule is Cl.N[C@@H](c1ccc(Cl)c(Br)c1O)C1CCC1. The van der Waals surface area contributed by atoms with Crippen LogP contribution in [0.5, 0.6) is 5.75 Å². The topological polar surface area (TPSA) is 46.2 Å². The van der Waals surface area contributed by atoms with Gasteiger partial charge in [-0.25, -0.2) is 0 Å². The smallest absolute Gasteiger partial charge is 0.136 e. The maximum atomic E-state index is 9.91. The number of phenolic OH excluding ortho intramolecular Hbond substituents is 1. The molecule has 0 spiro atoms. The predicted octanol–water partition coefficient (Wildman–Crippen LogP) is 4.03. The number of phenols is 1. The summed E-state index contributed by atoms with van der Waals surface area (Å²) in [7, 11) is 0. The molecule has 1 aliphatic rings. The van der Waals surface area contributed by atoms with E-state index < -0.39 is 0 Å². The summed E-state index contributed by atoms with van der Waals surface area (Å²) in [4.78, 5) is 0. The summed E-state index contributed by atoms with van der Waals surface area (Å²) in [5.41, 5.74) is 6.88. The second-order valence-electron chi connectivity index (χ2n) is 4.02. The van der Waals surface area contributed by atoms with E-state index in [1.165, 1.54) is 6.42 Å². The third kappa shape index (κ3) is 2.48. The van der Waals surface area contributed by atoms with Gasteiger partial charge in [0.1, 0.15) is 5.75 Å². The van der Waals surface area contributed by atoms with Crippen LogP contribution in [-0.2, 0) is 0 Å². The summed E-state index contributed by atoms with van der Waals surface area (Å²) >= 11 is 9.12. The van der Waals surface area contributed by atoms with E-state index in [0.717, 1.165) is 18.4 Å². The van der Waals surface area contributed by atoms with Gasteiger partial charge in [-0.15, -0.1) is 12.4 Å². The number of hydrogen-bond donors (Lipinski definition) is 2. The number of benzene rings is 1. The summed E-state index contributed by atoms with van der Waals surface area (Å²) in [6.07, 6.45) is 3.55. The van der Waals surface area contributed by atoms with E-state index in [4.69, 9.17) is 17.3 Å². The standard InChI is InChI=1S/C11H13BrClNO.ClH/c12-9-8(13)5-4-7(11(9)15)10(14)6-2-1-3-6;/h4-6,10,15H,1-3,14H2;1H/t10-;/m1./s1. The zero-order chi connectivity index (χ0) is 11.0. The highest BCUT2D eigenvalue weighted by Gasteiger charge is 2.28. The van der Waals surface area contributed by atoms with Gasteiger partial charge in [0.15, 0.2) is 0 Å². The van der Waals surface area contributed by atoms with Gasteiger partial charge in [-0.2, -0.15) is 0 Å². The Bertz CT molecular complexity index is 382. The molecule has 1 aliphatic carbocycles. The van der Waals surface area contributed by atoms with E-state index in [9.17, 15) is 5.11 Å². The Labute approximate surface area is 115 Å². The molecule has 0 heterocycles. The number of nitrogens with two attached hydrogens (primary N) is 1. The van der Waals surface area contributed by atoms with E-state index >= 15 is 0 Å². The number of aromatic hydroxyl groups is 1. The van der Waals surface area contributed by atoms with Gasteiger partial charge in [0.2, 0.25) is 0 Å². The summed E-state index contributed by atoms with van der Waals surface area (Å²) in [5.74, 6) is 0.686. The van der Waals surface area contributed by atoms with Crippen molar-refractivity contribution in [1.82, 2.24) is 0 Å². The molecular weight excluding hydrogens is 313 g/mol. The molecule has 0 amide bonds. The van der Waals surface area contributed by atoms with Gasteiger partial charge in [0.05, 0.1) is 9.50 Å². The second kappa shape index (κ2) is 5.58. The lowest BCUT2D eigenvalue weighted by Gasteiger charge is -2.31. The molecule has 1 saturated carbocycles. The van der Waals surface area contributed by atoms with Crippen LogP contribution in [-0.4, -0.2) is 5.11 Å². The lowest BCUT2D eigenvalue weighted by molar-refractivity contribution is 0.260. The second-order valence-corrected chi connectivity index (χ2v) is 5.22. The summed E-state index contributed by atoms with van der Waals surface area (Å²) in [6.45, 7) is 0. The molecule has 3 N–H and O–H groups in total. The first kappa shape index (κ1) is 14.1. The van der Waals surface area contributed by atoms with Gasteiger partial charge < -0.3 is 10.8 Å². The molecule has 0 saturated heterocycles. The molecule has 1 aromatic rings. The van der Waals surface area contributed by atoms with Crippen molar-refractivity contribution in [3.05, 3.63) is 27.2 Å². The van der Waals surface area contributed by atoms with E-state index in [2.05, 4.69) is 15.9 Å². The molecule has 0 aromatic heterocycles. The largest absolute Gasteiger partial charge is 0.506 e. The average Bonchev–Trinajstić information content (AvgIpc) is 2.11. The van der Waals surface area contributed by atoms with Crippen LogP contribution in [0.2, 0.25) is 5.02 Å². The molecular formula is C11H14BrCl2NO. The van der Waals surface area contributed by atoms with E-state index in [1.807, 2.05) is 6.07 Å². The van der Waals surface area contributed by atoms with E-state index in [1.54, 1.807) is 6.07 Å². The zero-order valence-electron chi connectivity index (χ0n) is 8.62. The minimum absolute atomic E-state index is 0. The number of halogens is 3. The van der Waals surface area contributed by atoms with Gasteiger partial charge >= 0.3 is 0 Å². The Morgan fingerprint density at radius 1 is 1.44 bits per heavy atom. The zero-order valence-corrected chi connectivity index (χ0v) is 11.8. The van der Waals surface area contributed by atoms with Gasteiger partial charge in [-0.05, 0) is 40.8 Å². The average molecular weight is 327 g/mol. The monoisotopic (exact) mass is 325 g/mol. The van der Waals surface area contributed by atoms with Crippen LogP contribution in [0.1, 0.15) is 30.9 Å². The van der Waals surface area contributed by atoms with Crippen molar-refractivity contribution >= 4 is 39.9 Å². The lowest BCUT2D eigenvalue weighted by Crippen LogP contribution is -2.26. The molecule has 90 valence electrons. The van der Waals surface area contributed by atoms with Crippen LogP contribution in [0, 0.1) is 5.92 Å². The van der Waals surface area contributed by atoms with Crippen molar-refractivity contribution in [1.29, 1.82) is 0 Å². The predicted molar refractivity (Wildman–Crippen MR) is 72.3 cm³/mol. The van der Waals surface area contributed by atoms with Crippen LogP contribution in [0.15, 0.2) is 16.6 Å². The van der Waals surface area contributed by atoms with Gasteiger partial charge in [0.25, 0.3) is 0 Å². The van der Waals surface area contributed by atoms with E-state index in [0.29, 0.717) is 15.4 Å². The van der Waals surface area contributed by atoms with Crippen LogP contribution >= 0.6 is 39.9 Å².